The van der Waals surface area contributed by atoms with Crippen LogP contribution in [0.4, 0.5) is 0 Å². The van der Waals surface area contributed by atoms with Crippen LogP contribution >= 0.6 is 51.2 Å². The smallest absolute Gasteiger partial charge is 0.243 e. The Morgan fingerprint density at radius 1 is 1.45 bits per heavy atom. The van der Waals surface area contributed by atoms with Crippen molar-refractivity contribution in [1.82, 2.24) is 15.1 Å². The molecule has 1 aromatic rings. The Labute approximate surface area is 161 Å². The van der Waals surface area contributed by atoms with E-state index in [-0.39, 0.29) is 36.4 Å². The number of halogens is 2. The van der Waals surface area contributed by atoms with Crippen LogP contribution < -0.4 is 5.32 Å². The molecule has 0 atom stereocenters. The van der Waals surface area contributed by atoms with Crippen LogP contribution in [0.2, 0.25) is 0 Å². The second kappa shape index (κ2) is 11.0. The van der Waals surface area contributed by atoms with Crippen LogP contribution in [0.5, 0.6) is 0 Å². The first-order valence-electron chi connectivity index (χ1n) is 6.48. The van der Waals surface area contributed by atoms with E-state index in [0.29, 0.717) is 12.5 Å². The monoisotopic (exact) mass is 500 g/mol. The minimum Gasteiger partial charge on any atom is -0.353 e. The van der Waals surface area contributed by atoms with Crippen LogP contribution in [0, 0.1) is 0 Å². The number of nitrogens with one attached hydrogen (secondary N) is 1. The number of nitrogens with zero attached hydrogens (tertiary/aromatic N) is 3. The summed E-state index contributed by atoms with van der Waals surface area (Å²) in [5.74, 6) is 0.662. The molecule has 0 saturated heterocycles. The molecule has 0 radical (unpaired) electrons. The van der Waals surface area contributed by atoms with Crippen molar-refractivity contribution in [3.63, 3.8) is 0 Å². The van der Waals surface area contributed by atoms with Gasteiger partial charge < -0.3 is 15.1 Å². The molecule has 0 fully saturated rings. The molecule has 0 spiro atoms. The molecule has 0 aliphatic heterocycles. The number of hydrogen-bond acceptors (Lipinski definition) is 3. The normalized spacial score (nSPS) is 10.6. The van der Waals surface area contributed by atoms with E-state index in [1.807, 2.05) is 18.0 Å². The maximum Gasteiger partial charge on any atom is 0.243 e. The average Bonchev–Trinajstić information content (AvgIpc) is 2.83. The molecular weight excluding hydrogens is 479 g/mol. The van der Waals surface area contributed by atoms with Gasteiger partial charge >= 0.3 is 0 Å². The van der Waals surface area contributed by atoms with Gasteiger partial charge in [-0.05, 0) is 28.1 Å². The molecule has 22 heavy (non-hydrogen) atoms. The van der Waals surface area contributed by atoms with Crippen LogP contribution in [0.3, 0.4) is 0 Å². The third-order valence-electron chi connectivity index (χ3n) is 2.65. The fourth-order valence-electron chi connectivity index (χ4n) is 1.50. The Balaban J connectivity index is 0.00000441. The maximum absolute atomic E-state index is 11.7. The molecule has 124 valence electrons. The van der Waals surface area contributed by atoms with Gasteiger partial charge in [0.2, 0.25) is 5.91 Å². The van der Waals surface area contributed by atoms with Gasteiger partial charge in [0.1, 0.15) is 6.54 Å². The second-order valence-electron chi connectivity index (χ2n) is 4.66. The standard InChI is InChI=1S/C14H21BrN4OS.HI/c1-5-8-16-14(17-9-13(20)18(2)3)19(4)10-11-6-7-12(15)21-11;/h5-7H,1,8-10H2,2-4H3,(H,16,17);1H. The Morgan fingerprint density at radius 3 is 2.64 bits per heavy atom. The summed E-state index contributed by atoms with van der Waals surface area (Å²) < 4.78 is 1.10. The Morgan fingerprint density at radius 2 is 2.14 bits per heavy atom. The largest absolute Gasteiger partial charge is 0.353 e. The van der Waals surface area contributed by atoms with E-state index in [1.165, 1.54) is 9.78 Å². The van der Waals surface area contributed by atoms with Crippen molar-refractivity contribution in [3.8, 4) is 0 Å². The van der Waals surface area contributed by atoms with E-state index in [1.54, 1.807) is 31.5 Å². The van der Waals surface area contributed by atoms with Gasteiger partial charge in [-0.1, -0.05) is 6.08 Å². The highest BCUT2D eigenvalue weighted by atomic mass is 127. The van der Waals surface area contributed by atoms with E-state index in [2.05, 4.69) is 38.9 Å². The van der Waals surface area contributed by atoms with Crippen LogP contribution in [0.25, 0.3) is 0 Å². The average molecular weight is 501 g/mol. The molecule has 0 aliphatic carbocycles. The third-order valence-corrected chi connectivity index (χ3v) is 4.26. The van der Waals surface area contributed by atoms with Gasteiger partial charge in [0.25, 0.3) is 0 Å². The number of carbonyl (C=O) groups is 1. The number of carbonyl (C=O) groups excluding carboxylic acids is 1. The van der Waals surface area contributed by atoms with Crippen molar-refractivity contribution in [1.29, 1.82) is 0 Å². The number of aliphatic imine (C=N–C) groups is 1. The highest BCUT2D eigenvalue weighted by Gasteiger charge is 2.10. The number of guanidine groups is 1. The van der Waals surface area contributed by atoms with Crippen molar-refractivity contribution in [2.75, 3.05) is 34.2 Å². The Kier molecular flexibility index (Phi) is 10.7. The summed E-state index contributed by atoms with van der Waals surface area (Å²) in [7, 11) is 5.39. The topological polar surface area (TPSA) is 47.9 Å². The van der Waals surface area contributed by atoms with Crippen molar-refractivity contribution in [2.24, 2.45) is 4.99 Å². The number of likely N-dealkylation sites (N-methyl/N-ethyl adjacent to an activating group) is 1. The zero-order valence-electron chi connectivity index (χ0n) is 13.0. The minimum absolute atomic E-state index is 0. The molecule has 0 unspecified atom stereocenters. The van der Waals surface area contributed by atoms with Crippen molar-refractivity contribution in [3.05, 3.63) is 33.5 Å². The van der Waals surface area contributed by atoms with Crippen molar-refractivity contribution in [2.45, 2.75) is 6.54 Å². The highest BCUT2D eigenvalue weighted by molar-refractivity contribution is 14.0. The van der Waals surface area contributed by atoms with E-state index in [0.717, 1.165) is 10.3 Å². The molecule has 1 heterocycles. The van der Waals surface area contributed by atoms with Crippen LogP contribution in [0.1, 0.15) is 4.88 Å². The lowest BCUT2D eigenvalue weighted by molar-refractivity contribution is -0.127. The van der Waals surface area contributed by atoms with Gasteiger partial charge in [0.15, 0.2) is 5.96 Å². The molecule has 1 amide bonds. The lowest BCUT2D eigenvalue weighted by Crippen LogP contribution is -2.39. The van der Waals surface area contributed by atoms with E-state index in [4.69, 9.17) is 0 Å². The zero-order valence-corrected chi connectivity index (χ0v) is 17.7. The van der Waals surface area contributed by atoms with Gasteiger partial charge in [-0.3, -0.25) is 4.79 Å². The maximum atomic E-state index is 11.7. The summed E-state index contributed by atoms with van der Waals surface area (Å²) in [5, 5.41) is 3.17. The van der Waals surface area contributed by atoms with Gasteiger partial charge in [-0.25, -0.2) is 4.99 Å². The minimum atomic E-state index is -0.0276. The van der Waals surface area contributed by atoms with E-state index >= 15 is 0 Å². The lowest BCUT2D eigenvalue weighted by atomic mass is 10.4. The first-order valence-corrected chi connectivity index (χ1v) is 8.09. The summed E-state index contributed by atoms with van der Waals surface area (Å²) in [4.78, 5) is 20.8. The predicted molar refractivity (Wildman–Crippen MR) is 108 cm³/mol. The fourth-order valence-corrected chi connectivity index (χ4v) is 3.04. The molecule has 0 aliphatic rings. The molecule has 1 rings (SSSR count). The Bertz CT molecular complexity index is 519. The molecule has 1 N–H and O–H groups in total. The van der Waals surface area contributed by atoms with E-state index in [9.17, 15) is 4.79 Å². The number of hydrogen-bond donors (Lipinski definition) is 1. The van der Waals surface area contributed by atoms with Crippen LogP contribution in [0.15, 0.2) is 33.6 Å². The SMILES string of the molecule is C=CCNC(=NCC(=O)N(C)C)N(C)Cc1ccc(Br)s1.I. The molecule has 1 aromatic heterocycles. The quantitative estimate of drug-likeness (QED) is 0.283. The first-order chi connectivity index (χ1) is 9.93. The summed E-state index contributed by atoms with van der Waals surface area (Å²) in [6, 6.07) is 4.10. The lowest BCUT2D eigenvalue weighted by Gasteiger charge is -2.21. The first kappa shape index (κ1) is 21.4. The molecule has 0 aromatic carbocycles. The highest BCUT2D eigenvalue weighted by Crippen LogP contribution is 2.22. The van der Waals surface area contributed by atoms with Gasteiger partial charge in [-0.15, -0.1) is 41.9 Å². The van der Waals surface area contributed by atoms with Crippen LogP contribution in [-0.4, -0.2) is 55.9 Å². The molecule has 8 heteroatoms. The predicted octanol–water partition coefficient (Wildman–Crippen LogP) is 2.78. The van der Waals surface area contributed by atoms with E-state index < -0.39 is 0 Å². The fraction of sp³-hybridized carbons (Fsp3) is 0.429. The Hall–Kier alpha value is -0.610. The summed E-state index contributed by atoms with van der Waals surface area (Å²) >= 11 is 5.14. The second-order valence-corrected chi connectivity index (χ2v) is 7.21. The van der Waals surface area contributed by atoms with Crippen LogP contribution in [-0.2, 0) is 11.3 Å². The summed E-state index contributed by atoms with van der Waals surface area (Å²) in [6.45, 7) is 5.15. The number of amides is 1. The third kappa shape index (κ3) is 7.59. The van der Waals surface area contributed by atoms with Gasteiger partial charge in [0, 0.05) is 32.6 Å². The molecular formula is C14H22BrIN4OS. The van der Waals surface area contributed by atoms with Gasteiger partial charge in [-0.2, -0.15) is 0 Å². The van der Waals surface area contributed by atoms with Crippen molar-refractivity contribution >= 4 is 63.1 Å². The summed E-state index contributed by atoms with van der Waals surface area (Å²) in [5.41, 5.74) is 0. The van der Waals surface area contributed by atoms with Gasteiger partial charge in [0.05, 0.1) is 10.3 Å². The number of rotatable bonds is 6. The molecule has 0 bridgehead atoms. The summed E-state index contributed by atoms with van der Waals surface area (Å²) in [6.07, 6.45) is 1.76. The van der Waals surface area contributed by atoms with Crippen molar-refractivity contribution < 1.29 is 4.79 Å². The number of thiophene rings is 1. The zero-order chi connectivity index (χ0) is 15.8. The molecule has 0 saturated carbocycles. The molecule has 5 nitrogen and oxygen atoms in total.